The van der Waals surface area contributed by atoms with E-state index in [1.807, 2.05) is 12.2 Å². The molecule has 2 amide bonds. The van der Waals surface area contributed by atoms with Crippen molar-refractivity contribution >= 4 is 35.1 Å². The standard InChI is InChI=1S/C15H12ClNO4/c16-12-7-8(5-6-11(12)15(20)21)17-13(18)9-3-1-2-4-10(9)14(17)19/h1-2,5-7,9-10H,3-4H2,(H,20,21)/t9-,10+. The van der Waals surface area contributed by atoms with Gasteiger partial charge in [-0.25, -0.2) is 9.69 Å². The van der Waals surface area contributed by atoms with Crippen LogP contribution in [0, 0.1) is 11.8 Å². The maximum Gasteiger partial charge on any atom is 0.337 e. The number of carbonyl (C=O) groups is 3. The lowest BCUT2D eigenvalue weighted by atomic mass is 9.85. The van der Waals surface area contributed by atoms with Gasteiger partial charge in [-0.2, -0.15) is 0 Å². The highest BCUT2D eigenvalue weighted by atomic mass is 35.5. The van der Waals surface area contributed by atoms with Gasteiger partial charge in [-0.05, 0) is 31.0 Å². The number of halogens is 1. The van der Waals surface area contributed by atoms with Crippen LogP contribution < -0.4 is 4.90 Å². The molecule has 1 N–H and O–H groups in total. The lowest BCUT2D eigenvalue weighted by molar-refractivity contribution is -0.122. The van der Waals surface area contributed by atoms with Crippen molar-refractivity contribution < 1.29 is 19.5 Å². The van der Waals surface area contributed by atoms with E-state index in [1.165, 1.54) is 18.2 Å². The van der Waals surface area contributed by atoms with Gasteiger partial charge in [-0.15, -0.1) is 0 Å². The number of benzene rings is 1. The molecule has 1 fully saturated rings. The average Bonchev–Trinajstić information content (AvgIpc) is 2.71. The normalized spacial score (nSPS) is 24.3. The number of nitrogens with zero attached hydrogens (tertiary/aromatic N) is 1. The average molecular weight is 306 g/mol. The van der Waals surface area contributed by atoms with Crippen LogP contribution in [-0.2, 0) is 9.59 Å². The van der Waals surface area contributed by atoms with Gasteiger partial charge in [0, 0.05) is 0 Å². The zero-order valence-corrected chi connectivity index (χ0v) is 11.7. The van der Waals surface area contributed by atoms with E-state index in [2.05, 4.69) is 0 Å². The van der Waals surface area contributed by atoms with E-state index in [1.54, 1.807) is 0 Å². The highest BCUT2D eigenvalue weighted by Crippen LogP contribution is 2.38. The van der Waals surface area contributed by atoms with E-state index in [-0.39, 0.29) is 34.2 Å². The Labute approximate surface area is 125 Å². The topological polar surface area (TPSA) is 74.7 Å². The fraction of sp³-hybridized carbons (Fsp3) is 0.267. The Hall–Kier alpha value is -2.14. The first-order valence-electron chi connectivity index (χ1n) is 6.56. The molecular formula is C15H12ClNO4. The number of carboxylic acid groups (broad SMARTS) is 1. The minimum Gasteiger partial charge on any atom is -0.478 e. The van der Waals surface area contributed by atoms with E-state index < -0.39 is 5.97 Å². The first-order chi connectivity index (χ1) is 10.0. The maximum atomic E-state index is 12.4. The largest absolute Gasteiger partial charge is 0.478 e. The molecule has 2 aliphatic rings. The quantitative estimate of drug-likeness (QED) is 0.673. The number of carbonyl (C=O) groups excluding carboxylic acids is 2. The number of fused-ring (bicyclic) bond motifs is 1. The predicted molar refractivity (Wildman–Crippen MR) is 76.3 cm³/mol. The summed E-state index contributed by atoms with van der Waals surface area (Å²) in [6.07, 6.45) is 4.95. The molecule has 1 aliphatic carbocycles. The van der Waals surface area contributed by atoms with Gasteiger partial charge in [0.15, 0.2) is 0 Å². The van der Waals surface area contributed by atoms with Crippen molar-refractivity contribution in [3.8, 4) is 0 Å². The van der Waals surface area contributed by atoms with Gasteiger partial charge in [0.25, 0.3) is 0 Å². The number of imide groups is 1. The van der Waals surface area contributed by atoms with Crippen LogP contribution in [0.2, 0.25) is 5.02 Å². The second-order valence-electron chi connectivity index (χ2n) is 5.14. The number of hydrogen-bond acceptors (Lipinski definition) is 3. The summed E-state index contributed by atoms with van der Waals surface area (Å²) < 4.78 is 0. The third-order valence-corrected chi connectivity index (χ3v) is 4.26. The van der Waals surface area contributed by atoms with Crippen molar-refractivity contribution in [1.29, 1.82) is 0 Å². The molecule has 108 valence electrons. The Balaban J connectivity index is 1.98. The van der Waals surface area contributed by atoms with E-state index in [0.717, 1.165) is 4.90 Å². The molecule has 2 atom stereocenters. The van der Waals surface area contributed by atoms with E-state index >= 15 is 0 Å². The highest BCUT2D eigenvalue weighted by molar-refractivity contribution is 6.34. The minimum absolute atomic E-state index is 0.00796. The summed E-state index contributed by atoms with van der Waals surface area (Å²) in [4.78, 5) is 36.9. The van der Waals surface area contributed by atoms with Crippen LogP contribution in [0.3, 0.4) is 0 Å². The summed E-state index contributed by atoms with van der Waals surface area (Å²) in [6, 6.07) is 4.10. The minimum atomic E-state index is -1.15. The van der Waals surface area contributed by atoms with Crippen molar-refractivity contribution in [2.24, 2.45) is 11.8 Å². The van der Waals surface area contributed by atoms with Crippen LogP contribution in [0.4, 0.5) is 5.69 Å². The van der Waals surface area contributed by atoms with Gasteiger partial charge in [0.1, 0.15) is 0 Å². The SMILES string of the molecule is O=C(O)c1ccc(N2C(=O)[C@H]3CC=CC[C@H]3C2=O)cc1Cl. The van der Waals surface area contributed by atoms with Crippen LogP contribution in [0.1, 0.15) is 23.2 Å². The molecule has 0 saturated carbocycles. The van der Waals surface area contributed by atoms with Crippen LogP contribution in [-0.4, -0.2) is 22.9 Å². The van der Waals surface area contributed by atoms with Crippen LogP contribution in [0.25, 0.3) is 0 Å². The van der Waals surface area contributed by atoms with Crippen LogP contribution in [0.5, 0.6) is 0 Å². The summed E-state index contributed by atoms with van der Waals surface area (Å²) in [5, 5.41) is 8.96. The lowest BCUT2D eigenvalue weighted by Gasteiger charge is -2.15. The Kier molecular flexibility index (Phi) is 3.29. The number of aromatic carboxylic acids is 1. The Morgan fingerprint density at radius 3 is 2.19 bits per heavy atom. The summed E-state index contributed by atoms with van der Waals surface area (Å²) >= 11 is 5.91. The number of allylic oxidation sites excluding steroid dienone is 2. The van der Waals surface area contributed by atoms with Gasteiger partial charge in [-0.3, -0.25) is 9.59 Å². The molecule has 6 heteroatoms. The fourth-order valence-corrected chi connectivity index (χ4v) is 3.13. The Bertz CT molecular complexity index is 656. The summed E-state index contributed by atoms with van der Waals surface area (Å²) in [6.45, 7) is 0. The number of amides is 2. The summed E-state index contributed by atoms with van der Waals surface area (Å²) in [5.41, 5.74) is 0.271. The van der Waals surface area contributed by atoms with Crippen molar-refractivity contribution in [2.75, 3.05) is 4.90 Å². The Morgan fingerprint density at radius 2 is 1.71 bits per heavy atom. The molecule has 3 rings (SSSR count). The molecule has 0 unspecified atom stereocenters. The predicted octanol–water partition coefficient (Wildman–Crippen LogP) is 2.49. The molecule has 0 bridgehead atoms. The van der Waals surface area contributed by atoms with E-state index in [0.29, 0.717) is 18.5 Å². The molecular weight excluding hydrogens is 294 g/mol. The van der Waals surface area contributed by atoms with Gasteiger partial charge in [-0.1, -0.05) is 23.8 Å². The van der Waals surface area contributed by atoms with Gasteiger partial charge >= 0.3 is 5.97 Å². The number of carboxylic acids is 1. The molecule has 1 aliphatic heterocycles. The Morgan fingerprint density at radius 1 is 1.14 bits per heavy atom. The second-order valence-corrected chi connectivity index (χ2v) is 5.54. The molecule has 1 heterocycles. The van der Waals surface area contributed by atoms with E-state index in [4.69, 9.17) is 16.7 Å². The zero-order chi connectivity index (χ0) is 15.1. The highest BCUT2D eigenvalue weighted by Gasteiger charge is 2.47. The van der Waals surface area contributed by atoms with Crippen molar-refractivity contribution in [1.82, 2.24) is 0 Å². The monoisotopic (exact) mass is 305 g/mol. The third kappa shape index (κ3) is 2.14. The number of anilines is 1. The first kappa shape index (κ1) is 13.8. The molecule has 1 aromatic carbocycles. The first-order valence-corrected chi connectivity index (χ1v) is 6.94. The van der Waals surface area contributed by atoms with E-state index in [9.17, 15) is 14.4 Å². The zero-order valence-electron chi connectivity index (χ0n) is 11.0. The molecule has 21 heavy (non-hydrogen) atoms. The molecule has 1 saturated heterocycles. The summed E-state index contributed by atoms with van der Waals surface area (Å²) in [7, 11) is 0. The number of hydrogen-bond donors (Lipinski definition) is 1. The van der Waals surface area contributed by atoms with Gasteiger partial charge < -0.3 is 5.11 Å². The fourth-order valence-electron chi connectivity index (χ4n) is 2.87. The van der Waals surface area contributed by atoms with Crippen molar-refractivity contribution in [3.05, 3.63) is 40.9 Å². The number of rotatable bonds is 2. The van der Waals surface area contributed by atoms with Gasteiger partial charge in [0.05, 0.1) is 28.1 Å². The summed E-state index contributed by atoms with van der Waals surface area (Å²) in [5.74, 6) is -2.27. The van der Waals surface area contributed by atoms with Gasteiger partial charge in [0.2, 0.25) is 11.8 Å². The van der Waals surface area contributed by atoms with Crippen molar-refractivity contribution in [3.63, 3.8) is 0 Å². The molecule has 0 spiro atoms. The molecule has 1 aromatic rings. The lowest BCUT2D eigenvalue weighted by Crippen LogP contribution is -2.30. The van der Waals surface area contributed by atoms with Crippen LogP contribution >= 0.6 is 11.6 Å². The van der Waals surface area contributed by atoms with Crippen molar-refractivity contribution in [2.45, 2.75) is 12.8 Å². The smallest absolute Gasteiger partial charge is 0.337 e. The second kappa shape index (κ2) is 5.00. The molecule has 0 radical (unpaired) electrons. The van der Waals surface area contributed by atoms with Crippen LogP contribution in [0.15, 0.2) is 30.4 Å². The molecule has 5 nitrogen and oxygen atoms in total. The maximum absolute atomic E-state index is 12.4. The third-order valence-electron chi connectivity index (χ3n) is 3.95. The molecule has 0 aromatic heterocycles.